The minimum Gasteiger partial charge on any atom is -0.370 e. The predicted molar refractivity (Wildman–Crippen MR) is 112 cm³/mol. The van der Waals surface area contributed by atoms with Crippen LogP contribution in [0.15, 0.2) is 36.5 Å². The predicted octanol–water partition coefficient (Wildman–Crippen LogP) is 4.81. The summed E-state index contributed by atoms with van der Waals surface area (Å²) < 4.78 is 0. The van der Waals surface area contributed by atoms with Gasteiger partial charge < -0.3 is 15.2 Å². The number of anilines is 1. The zero-order valence-electron chi connectivity index (χ0n) is 15.7. The zero-order chi connectivity index (χ0) is 18.6. The lowest BCUT2D eigenvalue weighted by molar-refractivity contribution is 0.211. The van der Waals surface area contributed by atoms with E-state index in [1.807, 2.05) is 36.5 Å². The Balaban J connectivity index is 1.29. The highest BCUT2D eigenvalue weighted by molar-refractivity contribution is 6.31. The van der Waals surface area contributed by atoms with Gasteiger partial charge in [-0.2, -0.15) is 0 Å². The second-order valence-electron chi connectivity index (χ2n) is 7.49. The van der Waals surface area contributed by atoms with Gasteiger partial charge in [0.15, 0.2) is 0 Å². The average Bonchev–Trinajstić information content (AvgIpc) is 3.10. The lowest BCUT2D eigenvalue weighted by atomic mass is 9.92. The van der Waals surface area contributed by atoms with Crippen LogP contribution in [0.3, 0.4) is 0 Å². The molecule has 0 atom stereocenters. The van der Waals surface area contributed by atoms with Gasteiger partial charge in [0, 0.05) is 23.3 Å². The molecule has 27 heavy (non-hydrogen) atoms. The number of halogens is 1. The van der Waals surface area contributed by atoms with Crippen LogP contribution in [0, 0.1) is 5.92 Å². The van der Waals surface area contributed by atoms with Gasteiger partial charge in [0.25, 0.3) is 0 Å². The van der Waals surface area contributed by atoms with Gasteiger partial charge in [0.05, 0.1) is 11.0 Å². The quantitative estimate of drug-likeness (QED) is 0.599. The molecule has 5 nitrogen and oxygen atoms in total. The molecule has 0 bridgehead atoms. The van der Waals surface area contributed by atoms with Crippen LogP contribution in [0.25, 0.3) is 22.4 Å². The second-order valence-corrected chi connectivity index (χ2v) is 7.93. The first-order valence-corrected chi connectivity index (χ1v) is 10.1. The van der Waals surface area contributed by atoms with E-state index in [2.05, 4.69) is 32.2 Å². The fourth-order valence-electron chi connectivity index (χ4n) is 3.72. The first-order valence-electron chi connectivity index (χ1n) is 9.71. The Morgan fingerprint density at radius 1 is 1.22 bits per heavy atom. The van der Waals surface area contributed by atoms with Crippen molar-refractivity contribution < 1.29 is 0 Å². The summed E-state index contributed by atoms with van der Waals surface area (Å²) in [4.78, 5) is 14.9. The Labute approximate surface area is 165 Å². The lowest BCUT2D eigenvalue weighted by Gasteiger charge is -2.28. The summed E-state index contributed by atoms with van der Waals surface area (Å²) in [6, 6.07) is 9.73. The Morgan fingerprint density at radius 2 is 2.07 bits per heavy atom. The van der Waals surface area contributed by atoms with Crippen molar-refractivity contribution in [2.45, 2.75) is 25.7 Å². The van der Waals surface area contributed by atoms with Crippen LogP contribution >= 0.6 is 11.6 Å². The molecule has 1 aliphatic heterocycles. The number of hydrogen-bond acceptors (Lipinski definition) is 4. The van der Waals surface area contributed by atoms with Crippen LogP contribution in [0.5, 0.6) is 0 Å². The molecule has 142 valence electrons. The van der Waals surface area contributed by atoms with Crippen LogP contribution in [0.4, 0.5) is 5.82 Å². The molecule has 0 amide bonds. The highest BCUT2D eigenvalue weighted by Crippen LogP contribution is 2.23. The molecule has 6 heteroatoms. The molecular formula is C21H26ClN5. The zero-order valence-corrected chi connectivity index (χ0v) is 16.5. The van der Waals surface area contributed by atoms with Gasteiger partial charge in [0.1, 0.15) is 11.6 Å². The Kier molecular flexibility index (Phi) is 5.60. The largest absolute Gasteiger partial charge is 0.370 e. The summed E-state index contributed by atoms with van der Waals surface area (Å²) in [6.07, 6.45) is 7.04. The number of hydrogen-bond donors (Lipinski definition) is 2. The Hall–Kier alpha value is -2.11. The molecule has 1 fully saturated rings. The molecule has 2 N–H and O–H groups in total. The van der Waals surface area contributed by atoms with E-state index in [9.17, 15) is 0 Å². The maximum Gasteiger partial charge on any atom is 0.140 e. The molecule has 1 aliphatic rings. The van der Waals surface area contributed by atoms with E-state index in [-0.39, 0.29) is 0 Å². The highest BCUT2D eigenvalue weighted by Gasteiger charge is 2.15. The van der Waals surface area contributed by atoms with Crippen molar-refractivity contribution in [1.29, 1.82) is 0 Å². The molecule has 2 aromatic heterocycles. The molecule has 0 saturated carbocycles. The molecule has 0 aliphatic carbocycles. The van der Waals surface area contributed by atoms with E-state index < -0.39 is 0 Å². The fourth-order valence-corrected chi connectivity index (χ4v) is 3.89. The number of aromatic nitrogens is 3. The number of pyridine rings is 1. The van der Waals surface area contributed by atoms with E-state index in [4.69, 9.17) is 11.6 Å². The fraction of sp³-hybridized carbons (Fsp3) is 0.429. The molecule has 4 rings (SSSR count). The maximum absolute atomic E-state index is 6.04. The lowest BCUT2D eigenvalue weighted by Crippen LogP contribution is -2.30. The number of benzene rings is 1. The topological polar surface area (TPSA) is 56.8 Å². The van der Waals surface area contributed by atoms with Gasteiger partial charge in [-0.25, -0.2) is 9.97 Å². The summed E-state index contributed by atoms with van der Waals surface area (Å²) in [7, 11) is 2.22. The Morgan fingerprint density at radius 3 is 2.85 bits per heavy atom. The summed E-state index contributed by atoms with van der Waals surface area (Å²) in [6.45, 7) is 3.46. The summed E-state index contributed by atoms with van der Waals surface area (Å²) in [5.41, 5.74) is 2.82. The average molecular weight is 384 g/mol. The minimum atomic E-state index is 0.704. The number of likely N-dealkylation sites (tertiary alicyclic amines) is 1. The molecule has 0 spiro atoms. The van der Waals surface area contributed by atoms with Crippen LogP contribution in [-0.2, 0) is 0 Å². The van der Waals surface area contributed by atoms with Crippen molar-refractivity contribution in [3.05, 3.63) is 41.6 Å². The second kappa shape index (κ2) is 8.28. The van der Waals surface area contributed by atoms with Gasteiger partial charge >= 0.3 is 0 Å². The number of nitrogens with one attached hydrogen (secondary N) is 2. The number of rotatable bonds is 6. The van der Waals surface area contributed by atoms with Gasteiger partial charge in [-0.3, -0.25) is 0 Å². The number of nitrogens with zero attached hydrogens (tertiary/aromatic N) is 3. The minimum absolute atomic E-state index is 0.704. The molecular weight excluding hydrogens is 358 g/mol. The SMILES string of the molecule is CN1CCC(CCCNc2ccc(-c3nc4ccc(Cl)cc4[nH]3)cn2)CC1. The monoisotopic (exact) mass is 383 g/mol. The molecule has 1 aromatic carbocycles. The van der Waals surface area contributed by atoms with E-state index in [1.165, 1.54) is 38.8 Å². The van der Waals surface area contributed by atoms with Gasteiger partial charge in [0.2, 0.25) is 0 Å². The van der Waals surface area contributed by atoms with Crippen molar-refractivity contribution in [1.82, 2.24) is 19.9 Å². The third-order valence-corrected chi connectivity index (χ3v) is 5.65. The number of aromatic amines is 1. The first kappa shape index (κ1) is 18.3. The standard InChI is InChI=1S/C21H26ClN5/c1-27-11-8-15(9-12-27)3-2-10-23-20-7-4-16(14-24-20)21-25-18-6-5-17(22)13-19(18)26-21/h4-7,13-15H,2-3,8-12H2,1H3,(H,23,24)(H,25,26). The maximum atomic E-state index is 6.04. The van der Waals surface area contributed by atoms with E-state index >= 15 is 0 Å². The van der Waals surface area contributed by atoms with Crippen molar-refractivity contribution >= 4 is 28.5 Å². The van der Waals surface area contributed by atoms with Gasteiger partial charge in [-0.1, -0.05) is 11.6 Å². The van der Waals surface area contributed by atoms with E-state index in [0.29, 0.717) is 5.02 Å². The van der Waals surface area contributed by atoms with Crippen molar-refractivity contribution in [3.8, 4) is 11.4 Å². The van der Waals surface area contributed by atoms with Gasteiger partial charge in [-0.15, -0.1) is 0 Å². The molecule has 3 aromatic rings. The van der Waals surface area contributed by atoms with Crippen LogP contribution in [-0.4, -0.2) is 46.5 Å². The van der Waals surface area contributed by atoms with E-state index in [0.717, 1.165) is 40.7 Å². The smallest absolute Gasteiger partial charge is 0.140 e. The van der Waals surface area contributed by atoms with Crippen LogP contribution in [0.1, 0.15) is 25.7 Å². The normalized spacial score (nSPS) is 16.1. The molecule has 1 saturated heterocycles. The van der Waals surface area contributed by atoms with Crippen LogP contribution in [0.2, 0.25) is 5.02 Å². The summed E-state index contributed by atoms with van der Waals surface area (Å²) >= 11 is 6.04. The number of fused-ring (bicyclic) bond motifs is 1. The third-order valence-electron chi connectivity index (χ3n) is 5.41. The van der Waals surface area contributed by atoms with Crippen molar-refractivity contribution in [2.24, 2.45) is 5.92 Å². The number of imidazole rings is 1. The number of piperidine rings is 1. The van der Waals surface area contributed by atoms with Gasteiger partial charge in [-0.05, 0) is 82.1 Å². The summed E-state index contributed by atoms with van der Waals surface area (Å²) in [5, 5.41) is 4.14. The molecule has 3 heterocycles. The highest BCUT2D eigenvalue weighted by atomic mass is 35.5. The Bertz CT molecular complexity index is 881. The van der Waals surface area contributed by atoms with Crippen molar-refractivity contribution in [3.63, 3.8) is 0 Å². The number of H-pyrrole nitrogens is 1. The van der Waals surface area contributed by atoms with E-state index in [1.54, 1.807) is 0 Å². The van der Waals surface area contributed by atoms with Crippen molar-refractivity contribution in [2.75, 3.05) is 32.0 Å². The third kappa shape index (κ3) is 4.60. The van der Waals surface area contributed by atoms with Crippen LogP contribution < -0.4 is 5.32 Å². The summed E-state index contributed by atoms with van der Waals surface area (Å²) in [5.74, 6) is 2.62. The first-order chi connectivity index (χ1) is 13.2. The molecule has 0 unspecified atom stereocenters. The molecule has 0 radical (unpaired) electrons.